The maximum Gasteiger partial charge on any atom is 0.338 e. The second-order valence-corrected chi connectivity index (χ2v) is 8.77. The van der Waals surface area contributed by atoms with Crippen molar-refractivity contribution < 1.29 is 18.7 Å². The number of carbonyl (C=O) groups excluding carboxylic acids is 1. The van der Waals surface area contributed by atoms with Gasteiger partial charge in [-0.05, 0) is 57.5 Å². The first-order valence-corrected chi connectivity index (χ1v) is 11.0. The number of furan rings is 1. The largest absolute Gasteiger partial charge is 0.497 e. The Bertz CT molecular complexity index is 1370. The molecule has 166 valence electrons. The van der Waals surface area contributed by atoms with Gasteiger partial charge in [-0.2, -0.15) is 0 Å². The molecule has 0 saturated heterocycles. The Hall–Kier alpha value is -3.39. The molecule has 1 aliphatic rings. The molecule has 1 atom stereocenters. The summed E-state index contributed by atoms with van der Waals surface area (Å²) in [5.74, 6) is 1.54. The van der Waals surface area contributed by atoms with Gasteiger partial charge in [0.15, 0.2) is 4.80 Å². The van der Waals surface area contributed by atoms with Crippen molar-refractivity contribution >= 4 is 23.4 Å². The molecule has 2 aromatic heterocycles. The molecule has 8 heteroatoms. The zero-order chi connectivity index (χ0) is 23.0. The molecule has 3 aromatic rings. The standard InChI is InChI=1S/C24H24N2O5S/c1-13(2)30-23(28)20-15(4)25-24-26(21(20)16-7-10-17(29-5)11-8-16)22(27)19(32-24)12-18-9-6-14(3)31-18/h6-13,21H,1-5H3/b19-12-/t21-/m0/s1. The fourth-order valence-corrected chi connectivity index (χ4v) is 4.65. The van der Waals surface area contributed by atoms with Crippen LogP contribution >= 0.6 is 11.3 Å². The fourth-order valence-electron chi connectivity index (χ4n) is 3.62. The zero-order valence-electron chi connectivity index (χ0n) is 18.5. The Morgan fingerprint density at radius 1 is 1.19 bits per heavy atom. The molecule has 0 fully saturated rings. The van der Waals surface area contributed by atoms with Gasteiger partial charge in [0.1, 0.15) is 17.3 Å². The zero-order valence-corrected chi connectivity index (χ0v) is 19.4. The summed E-state index contributed by atoms with van der Waals surface area (Å²) in [6, 6.07) is 10.3. The number of rotatable bonds is 5. The number of carbonyl (C=O) groups is 1. The predicted octanol–water partition coefficient (Wildman–Crippen LogP) is 3.10. The van der Waals surface area contributed by atoms with Gasteiger partial charge in [-0.3, -0.25) is 9.36 Å². The SMILES string of the molecule is COc1ccc([C@H]2C(C(=O)OC(C)C)=C(C)N=c3s/c(=C\c4ccc(C)o4)c(=O)n32)cc1. The molecular weight excluding hydrogens is 428 g/mol. The third-order valence-corrected chi connectivity index (χ3v) is 6.03. The van der Waals surface area contributed by atoms with E-state index in [1.807, 2.05) is 31.2 Å². The van der Waals surface area contributed by atoms with Gasteiger partial charge < -0.3 is 13.9 Å². The lowest BCUT2D eigenvalue weighted by molar-refractivity contribution is -0.143. The topological polar surface area (TPSA) is 83.0 Å². The first-order chi connectivity index (χ1) is 15.3. The van der Waals surface area contributed by atoms with E-state index in [2.05, 4.69) is 4.99 Å². The number of hydrogen-bond acceptors (Lipinski definition) is 7. The Morgan fingerprint density at radius 3 is 2.50 bits per heavy atom. The number of thiazole rings is 1. The smallest absolute Gasteiger partial charge is 0.338 e. The first-order valence-electron chi connectivity index (χ1n) is 10.2. The summed E-state index contributed by atoms with van der Waals surface area (Å²) in [7, 11) is 1.59. The van der Waals surface area contributed by atoms with Gasteiger partial charge in [0, 0.05) is 6.08 Å². The summed E-state index contributed by atoms with van der Waals surface area (Å²) < 4.78 is 18.4. The molecule has 7 nitrogen and oxygen atoms in total. The van der Waals surface area contributed by atoms with Crippen LogP contribution in [0, 0.1) is 6.92 Å². The Labute approximate surface area is 188 Å². The molecule has 0 spiro atoms. The quantitative estimate of drug-likeness (QED) is 0.556. The van der Waals surface area contributed by atoms with Gasteiger partial charge in [0.05, 0.1) is 35.1 Å². The van der Waals surface area contributed by atoms with Crippen LogP contribution in [0.4, 0.5) is 0 Å². The van der Waals surface area contributed by atoms with Gasteiger partial charge in [0.25, 0.3) is 5.56 Å². The molecular formula is C24H24N2O5S. The number of allylic oxidation sites excluding steroid dienone is 1. The summed E-state index contributed by atoms with van der Waals surface area (Å²) in [6.07, 6.45) is 1.40. The van der Waals surface area contributed by atoms with Gasteiger partial charge in [0.2, 0.25) is 0 Å². The highest BCUT2D eigenvalue weighted by Gasteiger charge is 2.33. The maximum absolute atomic E-state index is 13.5. The highest BCUT2D eigenvalue weighted by atomic mass is 32.1. The lowest BCUT2D eigenvalue weighted by Crippen LogP contribution is -2.40. The molecule has 0 unspecified atom stereocenters. The van der Waals surface area contributed by atoms with Crippen LogP contribution in [0.15, 0.2) is 61.9 Å². The van der Waals surface area contributed by atoms with Crippen molar-refractivity contribution in [3.63, 3.8) is 0 Å². The van der Waals surface area contributed by atoms with Crippen molar-refractivity contribution in [3.05, 3.63) is 84.4 Å². The fraction of sp³-hybridized carbons (Fsp3) is 0.292. The Balaban J connectivity index is 1.93. The van der Waals surface area contributed by atoms with Crippen molar-refractivity contribution in [2.45, 2.75) is 39.8 Å². The molecule has 0 N–H and O–H groups in total. The minimum Gasteiger partial charge on any atom is -0.497 e. The summed E-state index contributed by atoms with van der Waals surface area (Å²) in [4.78, 5) is 31.6. The second-order valence-electron chi connectivity index (χ2n) is 7.76. The highest BCUT2D eigenvalue weighted by Crippen LogP contribution is 2.31. The van der Waals surface area contributed by atoms with E-state index < -0.39 is 12.0 Å². The van der Waals surface area contributed by atoms with Crippen LogP contribution < -0.4 is 19.6 Å². The minimum absolute atomic E-state index is 0.244. The van der Waals surface area contributed by atoms with Crippen molar-refractivity contribution in [2.75, 3.05) is 7.11 Å². The number of hydrogen-bond donors (Lipinski definition) is 0. The molecule has 4 rings (SSSR count). The average molecular weight is 453 g/mol. The molecule has 0 saturated carbocycles. The summed E-state index contributed by atoms with van der Waals surface area (Å²) in [6.45, 7) is 7.19. The van der Waals surface area contributed by atoms with Crippen molar-refractivity contribution in [2.24, 2.45) is 4.99 Å². The van der Waals surface area contributed by atoms with Crippen LogP contribution in [-0.4, -0.2) is 23.8 Å². The number of benzene rings is 1. The Morgan fingerprint density at radius 2 is 1.91 bits per heavy atom. The molecule has 1 aliphatic heterocycles. The van der Waals surface area contributed by atoms with Crippen LogP contribution in [0.2, 0.25) is 0 Å². The van der Waals surface area contributed by atoms with E-state index in [4.69, 9.17) is 13.9 Å². The van der Waals surface area contributed by atoms with Crippen LogP contribution in [0.1, 0.15) is 43.9 Å². The van der Waals surface area contributed by atoms with Crippen molar-refractivity contribution in [1.82, 2.24) is 4.57 Å². The third-order valence-electron chi connectivity index (χ3n) is 5.05. The number of aryl methyl sites for hydroxylation is 1. The maximum atomic E-state index is 13.5. The van der Waals surface area contributed by atoms with E-state index in [1.54, 1.807) is 50.7 Å². The lowest BCUT2D eigenvalue weighted by Gasteiger charge is -2.25. The van der Waals surface area contributed by atoms with E-state index in [1.165, 1.54) is 11.3 Å². The van der Waals surface area contributed by atoms with Crippen LogP contribution in [0.3, 0.4) is 0 Å². The predicted molar refractivity (Wildman–Crippen MR) is 121 cm³/mol. The van der Waals surface area contributed by atoms with Crippen LogP contribution in [0.25, 0.3) is 6.08 Å². The molecule has 1 aromatic carbocycles. The molecule has 0 aliphatic carbocycles. The first kappa shape index (κ1) is 21.8. The van der Waals surface area contributed by atoms with Crippen molar-refractivity contribution in [3.8, 4) is 5.75 Å². The normalized spacial score (nSPS) is 16.2. The molecule has 0 radical (unpaired) electrons. The van der Waals surface area contributed by atoms with E-state index in [0.717, 1.165) is 11.3 Å². The number of ether oxygens (including phenoxy) is 2. The molecule has 3 heterocycles. The van der Waals surface area contributed by atoms with E-state index in [9.17, 15) is 9.59 Å². The highest BCUT2D eigenvalue weighted by molar-refractivity contribution is 7.07. The van der Waals surface area contributed by atoms with E-state index >= 15 is 0 Å². The summed E-state index contributed by atoms with van der Waals surface area (Å²) >= 11 is 1.26. The summed E-state index contributed by atoms with van der Waals surface area (Å²) in [5, 5.41) is 0. The van der Waals surface area contributed by atoms with Gasteiger partial charge in [-0.1, -0.05) is 23.5 Å². The van der Waals surface area contributed by atoms with E-state index in [-0.39, 0.29) is 11.7 Å². The van der Waals surface area contributed by atoms with Crippen LogP contribution in [0.5, 0.6) is 5.75 Å². The Kier molecular flexibility index (Phi) is 5.88. The number of methoxy groups -OCH3 is 1. The van der Waals surface area contributed by atoms with Gasteiger partial charge >= 0.3 is 5.97 Å². The average Bonchev–Trinajstić information content (AvgIpc) is 3.29. The van der Waals surface area contributed by atoms with Crippen LogP contribution in [-0.2, 0) is 9.53 Å². The molecule has 0 amide bonds. The number of aromatic nitrogens is 1. The number of esters is 1. The molecule has 32 heavy (non-hydrogen) atoms. The number of nitrogens with zero attached hydrogens (tertiary/aromatic N) is 2. The number of fused-ring (bicyclic) bond motifs is 1. The minimum atomic E-state index is -0.663. The second kappa shape index (κ2) is 8.63. The monoisotopic (exact) mass is 452 g/mol. The third kappa shape index (κ3) is 4.05. The van der Waals surface area contributed by atoms with Crippen molar-refractivity contribution in [1.29, 1.82) is 0 Å². The van der Waals surface area contributed by atoms with Gasteiger partial charge in [-0.25, -0.2) is 9.79 Å². The van der Waals surface area contributed by atoms with Gasteiger partial charge in [-0.15, -0.1) is 0 Å². The lowest BCUT2D eigenvalue weighted by atomic mass is 9.96. The molecule has 0 bridgehead atoms. The summed E-state index contributed by atoms with van der Waals surface area (Å²) in [5.41, 5.74) is 1.39. The van der Waals surface area contributed by atoms with E-state index in [0.29, 0.717) is 32.1 Å².